The van der Waals surface area contributed by atoms with E-state index in [1.807, 2.05) is 4.90 Å². The summed E-state index contributed by atoms with van der Waals surface area (Å²) in [6.07, 6.45) is 2.39. The third-order valence-corrected chi connectivity index (χ3v) is 2.75. The molecule has 0 aromatic heterocycles. The van der Waals surface area contributed by atoms with Gasteiger partial charge >= 0.3 is 0 Å². The molecular formula is C8H15NOS. The molecule has 1 fully saturated rings. The Hall–Kier alpha value is -0.180. The van der Waals surface area contributed by atoms with Gasteiger partial charge in [-0.1, -0.05) is 6.92 Å². The minimum absolute atomic E-state index is 0.328. The molecule has 1 heterocycles. The van der Waals surface area contributed by atoms with E-state index in [1.165, 1.54) is 12.8 Å². The molecule has 3 heteroatoms. The summed E-state index contributed by atoms with van der Waals surface area (Å²) in [5.41, 5.74) is 0. The third kappa shape index (κ3) is 2.73. The lowest BCUT2D eigenvalue weighted by Crippen LogP contribution is -2.29. The van der Waals surface area contributed by atoms with Crippen LogP contribution in [0.1, 0.15) is 19.8 Å². The van der Waals surface area contributed by atoms with Crippen molar-refractivity contribution in [2.75, 3.05) is 24.6 Å². The van der Waals surface area contributed by atoms with Gasteiger partial charge < -0.3 is 4.90 Å². The monoisotopic (exact) mass is 173 g/mol. The number of amides is 1. The van der Waals surface area contributed by atoms with Gasteiger partial charge in [-0.05, 0) is 18.6 Å². The standard InChI is InChI=1S/C8H15NOS/c1-2-11-7-8(10)9-5-3-4-6-9/h2-7H2,1H3. The van der Waals surface area contributed by atoms with Crippen molar-refractivity contribution in [2.45, 2.75) is 19.8 Å². The number of thioether (sulfide) groups is 1. The maximum atomic E-state index is 11.3. The van der Waals surface area contributed by atoms with Crippen molar-refractivity contribution >= 4 is 17.7 Å². The van der Waals surface area contributed by atoms with Gasteiger partial charge in [0.1, 0.15) is 0 Å². The molecule has 0 atom stereocenters. The van der Waals surface area contributed by atoms with Gasteiger partial charge in [0.25, 0.3) is 0 Å². The maximum absolute atomic E-state index is 11.3. The van der Waals surface area contributed by atoms with E-state index in [9.17, 15) is 4.79 Å². The summed E-state index contributed by atoms with van der Waals surface area (Å²) in [6.45, 7) is 4.06. The fourth-order valence-corrected chi connectivity index (χ4v) is 1.81. The molecule has 0 radical (unpaired) electrons. The van der Waals surface area contributed by atoms with Crippen molar-refractivity contribution in [2.24, 2.45) is 0 Å². The Morgan fingerprint density at radius 3 is 2.64 bits per heavy atom. The van der Waals surface area contributed by atoms with Crippen LogP contribution < -0.4 is 0 Å². The molecule has 0 saturated carbocycles. The zero-order valence-corrected chi connectivity index (χ0v) is 7.82. The highest BCUT2D eigenvalue weighted by atomic mass is 32.2. The van der Waals surface area contributed by atoms with E-state index in [2.05, 4.69) is 6.92 Å². The van der Waals surface area contributed by atoms with Crippen LogP contribution in [0.4, 0.5) is 0 Å². The highest BCUT2D eigenvalue weighted by Crippen LogP contribution is 2.09. The van der Waals surface area contributed by atoms with E-state index < -0.39 is 0 Å². The normalized spacial score (nSPS) is 17.4. The largest absolute Gasteiger partial charge is 0.342 e. The second-order valence-electron chi connectivity index (χ2n) is 2.73. The number of rotatable bonds is 3. The van der Waals surface area contributed by atoms with Crippen LogP contribution >= 0.6 is 11.8 Å². The molecule has 0 aromatic carbocycles. The van der Waals surface area contributed by atoms with E-state index >= 15 is 0 Å². The Balaban J connectivity index is 2.17. The fourth-order valence-electron chi connectivity index (χ4n) is 1.25. The predicted molar refractivity (Wildman–Crippen MR) is 48.8 cm³/mol. The third-order valence-electron chi connectivity index (χ3n) is 1.89. The Bertz CT molecular complexity index is 132. The molecule has 1 saturated heterocycles. The topological polar surface area (TPSA) is 20.3 Å². The molecule has 0 aromatic rings. The van der Waals surface area contributed by atoms with Gasteiger partial charge in [0.15, 0.2) is 0 Å². The van der Waals surface area contributed by atoms with E-state index in [-0.39, 0.29) is 0 Å². The molecule has 1 aliphatic heterocycles. The lowest BCUT2D eigenvalue weighted by atomic mass is 10.4. The lowest BCUT2D eigenvalue weighted by molar-refractivity contribution is -0.127. The molecule has 0 aliphatic carbocycles. The highest BCUT2D eigenvalue weighted by molar-refractivity contribution is 7.99. The van der Waals surface area contributed by atoms with Crippen molar-refractivity contribution in [3.05, 3.63) is 0 Å². The number of hydrogen-bond acceptors (Lipinski definition) is 2. The summed E-state index contributed by atoms with van der Waals surface area (Å²) in [5, 5.41) is 0. The first-order chi connectivity index (χ1) is 5.34. The van der Waals surface area contributed by atoms with Crippen LogP contribution in [-0.4, -0.2) is 35.4 Å². The summed E-state index contributed by atoms with van der Waals surface area (Å²) < 4.78 is 0. The molecule has 0 N–H and O–H groups in total. The number of hydrogen-bond donors (Lipinski definition) is 0. The van der Waals surface area contributed by atoms with Crippen molar-refractivity contribution < 1.29 is 4.79 Å². The Kier molecular flexibility index (Phi) is 3.77. The molecular weight excluding hydrogens is 158 g/mol. The summed E-state index contributed by atoms with van der Waals surface area (Å²) in [5.74, 6) is 2.05. The zero-order valence-electron chi connectivity index (χ0n) is 7.01. The van der Waals surface area contributed by atoms with Gasteiger partial charge in [-0.2, -0.15) is 11.8 Å². The first-order valence-electron chi connectivity index (χ1n) is 4.20. The summed E-state index contributed by atoms with van der Waals surface area (Å²) >= 11 is 1.71. The Morgan fingerprint density at radius 2 is 2.09 bits per heavy atom. The quantitative estimate of drug-likeness (QED) is 0.642. The van der Waals surface area contributed by atoms with E-state index in [1.54, 1.807) is 11.8 Å². The Labute approximate surface area is 72.3 Å². The molecule has 1 rings (SSSR count). The fraction of sp³-hybridized carbons (Fsp3) is 0.875. The second-order valence-corrected chi connectivity index (χ2v) is 4.00. The van der Waals surface area contributed by atoms with E-state index in [0.29, 0.717) is 11.7 Å². The first-order valence-corrected chi connectivity index (χ1v) is 5.35. The van der Waals surface area contributed by atoms with Gasteiger partial charge in [0, 0.05) is 13.1 Å². The van der Waals surface area contributed by atoms with Crippen LogP contribution in [0.25, 0.3) is 0 Å². The number of carbonyl (C=O) groups excluding carboxylic acids is 1. The summed E-state index contributed by atoms with van der Waals surface area (Å²) in [6, 6.07) is 0. The number of carbonyl (C=O) groups is 1. The molecule has 64 valence electrons. The van der Waals surface area contributed by atoms with Gasteiger partial charge in [-0.25, -0.2) is 0 Å². The molecule has 0 unspecified atom stereocenters. The minimum atomic E-state index is 0.328. The van der Waals surface area contributed by atoms with Gasteiger partial charge in [-0.15, -0.1) is 0 Å². The average Bonchev–Trinajstić information content (AvgIpc) is 2.52. The van der Waals surface area contributed by atoms with Crippen LogP contribution in [0.3, 0.4) is 0 Å². The van der Waals surface area contributed by atoms with Crippen molar-refractivity contribution in [3.8, 4) is 0 Å². The molecule has 2 nitrogen and oxygen atoms in total. The summed E-state index contributed by atoms with van der Waals surface area (Å²) in [7, 11) is 0. The molecule has 1 aliphatic rings. The SMILES string of the molecule is CCSCC(=O)N1CCCC1. The predicted octanol–water partition coefficient (Wildman–Crippen LogP) is 1.36. The van der Waals surface area contributed by atoms with E-state index in [0.717, 1.165) is 18.8 Å². The van der Waals surface area contributed by atoms with Crippen LogP contribution in [-0.2, 0) is 4.79 Å². The van der Waals surface area contributed by atoms with Crippen molar-refractivity contribution in [3.63, 3.8) is 0 Å². The van der Waals surface area contributed by atoms with Gasteiger partial charge in [-0.3, -0.25) is 4.79 Å². The van der Waals surface area contributed by atoms with E-state index in [4.69, 9.17) is 0 Å². The maximum Gasteiger partial charge on any atom is 0.232 e. The van der Waals surface area contributed by atoms with Gasteiger partial charge in [0.2, 0.25) is 5.91 Å². The number of likely N-dealkylation sites (tertiary alicyclic amines) is 1. The minimum Gasteiger partial charge on any atom is -0.342 e. The van der Waals surface area contributed by atoms with Crippen LogP contribution in [0.5, 0.6) is 0 Å². The molecule has 11 heavy (non-hydrogen) atoms. The van der Waals surface area contributed by atoms with Crippen LogP contribution in [0.15, 0.2) is 0 Å². The first kappa shape index (κ1) is 8.91. The van der Waals surface area contributed by atoms with Crippen LogP contribution in [0.2, 0.25) is 0 Å². The average molecular weight is 173 g/mol. The lowest BCUT2D eigenvalue weighted by Gasteiger charge is -2.13. The second kappa shape index (κ2) is 4.65. The van der Waals surface area contributed by atoms with Crippen molar-refractivity contribution in [1.29, 1.82) is 0 Å². The molecule has 1 amide bonds. The number of nitrogens with zero attached hydrogens (tertiary/aromatic N) is 1. The summed E-state index contributed by atoms with van der Waals surface area (Å²) in [4.78, 5) is 13.3. The van der Waals surface area contributed by atoms with Crippen LogP contribution in [0, 0.1) is 0 Å². The smallest absolute Gasteiger partial charge is 0.232 e. The molecule has 0 bridgehead atoms. The van der Waals surface area contributed by atoms with Crippen molar-refractivity contribution in [1.82, 2.24) is 4.90 Å². The molecule has 0 spiro atoms. The zero-order chi connectivity index (χ0) is 8.10. The van der Waals surface area contributed by atoms with Gasteiger partial charge in [0.05, 0.1) is 5.75 Å². The Morgan fingerprint density at radius 1 is 1.45 bits per heavy atom. The highest BCUT2D eigenvalue weighted by Gasteiger charge is 2.16.